The zero-order chi connectivity index (χ0) is 20.1. The van der Waals surface area contributed by atoms with Crippen molar-refractivity contribution in [1.82, 2.24) is 4.57 Å². The quantitative estimate of drug-likeness (QED) is 0.685. The summed E-state index contributed by atoms with van der Waals surface area (Å²) in [5, 5.41) is 3.13. The molecule has 0 atom stereocenters. The number of rotatable bonds is 6. The lowest BCUT2D eigenvalue weighted by atomic mass is 10.2. The number of halogens is 1. The molecule has 1 N–H and O–H groups in total. The number of benzene rings is 2. The van der Waals surface area contributed by atoms with Crippen molar-refractivity contribution in [2.24, 2.45) is 0 Å². The minimum atomic E-state index is -0.537. The van der Waals surface area contributed by atoms with Crippen LogP contribution in [0.5, 0.6) is 11.5 Å². The summed E-state index contributed by atoms with van der Waals surface area (Å²) in [6.07, 6.45) is 1.64. The number of nitrogens with one attached hydrogen (secondary N) is 1. The van der Waals surface area contributed by atoms with Crippen molar-refractivity contribution in [2.45, 2.75) is 6.54 Å². The smallest absolute Gasteiger partial charge is 0.263 e. The van der Waals surface area contributed by atoms with Crippen molar-refractivity contribution in [1.29, 1.82) is 0 Å². The van der Waals surface area contributed by atoms with Crippen LogP contribution in [-0.2, 0) is 6.54 Å². The predicted molar refractivity (Wildman–Crippen MR) is 109 cm³/mol. The molecule has 0 aliphatic carbocycles. The first-order valence-corrected chi connectivity index (χ1v) is 8.87. The summed E-state index contributed by atoms with van der Waals surface area (Å²) in [6.45, 7) is 0.317. The second kappa shape index (κ2) is 8.63. The Labute approximate surface area is 167 Å². The summed E-state index contributed by atoms with van der Waals surface area (Å²) in [5.41, 5.74) is 0.898. The summed E-state index contributed by atoms with van der Waals surface area (Å²) >= 11 is 5.99. The number of carbonyl (C=O) groups excluding carboxylic acids is 1. The van der Waals surface area contributed by atoms with E-state index in [1.165, 1.54) is 17.7 Å². The lowest BCUT2D eigenvalue weighted by Crippen LogP contribution is -2.29. The van der Waals surface area contributed by atoms with Gasteiger partial charge in [-0.2, -0.15) is 0 Å². The van der Waals surface area contributed by atoms with Crippen molar-refractivity contribution in [2.75, 3.05) is 19.5 Å². The van der Waals surface area contributed by atoms with Crippen molar-refractivity contribution < 1.29 is 14.3 Å². The van der Waals surface area contributed by atoms with Crippen LogP contribution in [0.3, 0.4) is 0 Å². The molecule has 3 rings (SSSR count). The lowest BCUT2D eigenvalue weighted by molar-refractivity contribution is 0.102. The number of aromatic nitrogens is 1. The Morgan fingerprint density at radius 2 is 1.89 bits per heavy atom. The zero-order valence-corrected chi connectivity index (χ0v) is 16.2. The van der Waals surface area contributed by atoms with Crippen LogP contribution in [0.1, 0.15) is 15.9 Å². The van der Waals surface area contributed by atoms with Gasteiger partial charge in [0.25, 0.3) is 11.5 Å². The number of nitrogens with zero attached hydrogens (tertiary/aromatic N) is 1. The van der Waals surface area contributed by atoms with E-state index in [9.17, 15) is 9.59 Å². The molecule has 0 aliphatic heterocycles. The Hall–Kier alpha value is -3.25. The van der Waals surface area contributed by atoms with Gasteiger partial charge in [-0.05, 0) is 48.0 Å². The third-order valence-corrected chi connectivity index (χ3v) is 4.40. The van der Waals surface area contributed by atoms with E-state index in [1.54, 1.807) is 37.6 Å². The number of ether oxygens (including phenoxy) is 2. The highest BCUT2D eigenvalue weighted by molar-refractivity contribution is 6.31. The molecular formula is C21H19ClN2O4. The van der Waals surface area contributed by atoms with Crippen molar-refractivity contribution in [3.05, 3.63) is 87.3 Å². The first-order valence-electron chi connectivity index (χ1n) is 8.49. The molecule has 3 aromatic rings. The van der Waals surface area contributed by atoms with E-state index in [0.717, 1.165) is 5.56 Å². The number of pyridine rings is 1. The van der Waals surface area contributed by atoms with Crippen molar-refractivity contribution in [3.8, 4) is 11.5 Å². The molecule has 0 bridgehead atoms. The highest BCUT2D eigenvalue weighted by Gasteiger charge is 2.15. The van der Waals surface area contributed by atoms with Gasteiger partial charge in [-0.3, -0.25) is 9.59 Å². The summed E-state index contributed by atoms with van der Waals surface area (Å²) < 4.78 is 11.9. The molecule has 7 heteroatoms. The van der Waals surface area contributed by atoms with Crippen LogP contribution in [0, 0.1) is 0 Å². The molecule has 0 radical (unpaired) electrons. The molecule has 0 spiro atoms. The van der Waals surface area contributed by atoms with E-state index >= 15 is 0 Å². The number of anilines is 1. The summed E-state index contributed by atoms with van der Waals surface area (Å²) in [6, 6.07) is 15.4. The molecule has 1 heterocycles. The summed E-state index contributed by atoms with van der Waals surface area (Å²) in [4.78, 5) is 25.5. The van der Waals surface area contributed by atoms with Gasteiger partial charge in [-0.25, -0.2) is 0 Å². The number of methoxy groups -OCH3 is 2. The van der Waals surface area contributed by atoms with E-state index in [2.05, 4.69) is 5.32 Å². The molecule has 28 heavy (non-hydrogen) atoms. The molecule has 0 saturated carbocycles. The van der Waals surface area contributed by atoms with Crippen LogP contribution in [0.2, 0.25) is 5.02 Å². The average Bonchev–Trinajstić information content (AvgIpc) is 2.70. The molecule has 0 aliphatic rings. The Balaban J connectivity index is 1.87. The van der Waals surface area contributed by atoms with Crippen LogP contribution >= 0.6 is 11.6 Å². The molecular weight excluding hydrogens is 380 g/mol. The monoisotopic (exact) mass is 398 g/mol. The third-order valence-electron chi connectivity index (χ3n) is 4.16. The first kappa shape index (κ1) is 19.5. The molecule has 1 amide bonds. The van der Waals surface area contributed by atoms with Crippen LogP contribution < -0.4 is 20.3 Å². The highest BCUT2D eigenvalue weighted by atomic mass is 35.5. The van der Waals surface area contributed by atoms with E-state index in [-0.39, 0.29) is 5.56 Å². The summed E-state index contributed by atoms with van der Waals surface area (Å²) in [5.74, 6) is 0.614. The third kappa shape index (κ3) is 4.35. The largest absolute Gasteiger partial charge is 0.497 e. The normalized spacial score (nSPS) is 10.4. The van der Waals surface area contributed by atoms with Gasteiger partial charge in [-0.1, -0.05) is 23.7 Å². The highest BCUT2D eigenvalue weighted by Crippen LogP contribution is 2.27. The maximum absolute atomic E-state index is 12.8. The second-order valence-corrected chi connectivity index (χ2v) is 6.44. The van der Waals surface area contributed by atoms with Crippen LogP contribution in [0.15, 0.2) is 65.6 Å². The molecule has 0 saturated heterocycles. The van der Waals surface area contributed by atoms with Crippen molar-refractivity contribution in [3.63, 3.8) is 0 Å². The van der Waals surface area contributed by atoms with E-state index in [4.69, 9.17) is 21.1 Å². The minimum absolute atomic E-state index is 0.0208. The van der Waals surface area contributed by atoms with Crippen LogP contribution in [0.25, 0.3) is 0 Å². The number of carbonyl (C=O) groups is 1. The maximum atomic E-state index is 12.8. The lowest BCUT2D eigenvalue weighted by Gasteiger charge is -2.12. The molecule has 144 valence electrons. The SMILES string of the molecule is COc1cccc(Cn2cccc(C(=O)Nc3cc(Cl)ccc3OC)c2=O)c1. The molecule has 0 fully saturated rings. The van der Waals surface area contributed by atoms with Crippen LogP contribution in [0.4, 0.5) is 5.69 Å². The van der Waals surface area contributed by atoms with E-state index < -0.39 is 11.5 Å². The molecule has 1 aromatic heterocycles. The fraction of sp³-hybridized carbons (Fsp3) is 0.143. The molecule has 2 aromatic carbocycles. The zero-order valence-electron chi connectivity index (χ0n) is 15.4. The van der Waals surface area contributed by atoms with E-state index in [1.807, 2.05) is 24.3 Å². The van der Waals surface area contributed by atoms with Crippen molar-refractivity contribution >= 4 is 23.2 Å². The van der Waals surface area contributed by atoms with Gasteiger partial charge in [0, 0.05) is 11.2 Å². The van der Waals surface area contributed by atoms with Gasteiger partial charge < -0.3 is 19.4 Å². The second-order valence-electron chi connectivity index (χ2n) is 6.01. The summed E-state index contributed by atoms with van der Waals surface area (Å²) in [7, 11) is 3.07. The Morgan fingerprint density at radius 1 is 1.07 bits per heavy atom. The van der Waals surface area contributed by atoms with Gasteiger partial charge in [0.15, 0.2) is 0 Å². The number of hydrogen-bond donors (Lipinski definition) is 1. The van der Waals surface area contributed by atoms with Gasteiger partial charge in [-0.15, -0.1) is 0 Å². The topological polar surface area (TPSA) is 69.6 Å². The van der Waals surface area contributed by atoms with Gasteiger partial charge in [0.1, 0.15) is 17.1 Å². The Morgan fingerprint density at radius 3 is 2.64 bits per heavy atom. The van der Waals surface area contributed by atoms with E-state index in [0.29, 0.717) is 28.8 Å². The standard InChI is InChI=1S/C21H19ClN2O4/c1-27-16-6-3-5-14(11-16)13-24-10-4-7-17(21(24)26)20(25)23-18-12-15(22)8-9-19(18)28-2/h3-12H,13H2,1-2H3,(H,23,25). The van der Waals surface area contributed by atoms with Crippen LogP contribution in [-0.4, -0.2) is 24.7 Å². The number of amides is 1. The fourth-order valence-corrected chi connectivity index (χ4v) is 2.94. The maximum Gasteiger partial charge on any atom is 0.263 e. The fourth-order valence-electron chi connectivity index (χ4n) is 2.77. The Kier molecular flexibility index (Phi) is 6.01. The van der Waals surface area contributed by atoms with Gasteiger partial charge in [0.05, 0.1) is 26.5 Å². The van der Waals surface area contributed by atoms with Gasteiger partial charge in [0.2, 0.25) is 0 Å². The van der Waals surface area contributed by atoms with Gasteiger partial charge >= 0.3 is 0 Å². The number of hydrogen-bond acceptors (Lipinski definition) is 4. The Bertz CT molecular complexity index is 1060. The molecule has 0 unspecified atom stereocenters. The average molecular weight is 399 g/mol. The first-order chi connectivity index (χ1) is 13.5. The minimum Gasteiger partial charge on any atom is -0.497 e. The predicted octanol–water partition coefficient (Wildman–Crippen LogP) is 3.82. The molecule has 6 nitrogen and oxygen atoms in total.